The van der Waals surface area contributed by atoms with Crippen LogP contribution < -0.4 is 10.1 Å². The maximum Gasteiger partial charge on any atom is 0.137 e. The number of hydrogen-bond donors (Lipinski definition) is 1. The van der Waals surface area contributed by atoms with E-state index in [1.807, 2.05) is 17.5 Å². The molecule has 0 aliphatic rings. The smallest absolute Gasteiger partial charge is 0.137 e. The highest BCUT2D eigenvalue weighted by Gasteiger charge is 1.97. The molecule has 5 heteroatoms. The van der Waals surface area contributed by atoms with E-state index in [4.69, 9.17) is 4.74 Å². The zero-order chi connectivity index (χ0) is 10.5. The van der Waals surface area contributed by atoms with Gasteiger partial charge in [-0.3, -0.25) is 0 Å². The second-order valence-corrected chi connectivity index (χ2v) is 3.84. The predicted molar refractivity (Wildman–Crippen MR) is 60.2 cm³/mol. The summed E-state index contributed by atoms with van der Waals surface area (Å²) in [6.07, 6.45) is 3.48. The van der Waals surface area contributed by atoms with Crippen LogP contribution in [0.4, 0.5) is 5.82 Å². The first-order valence-corrected chi connectivity index (χ1v) is 5.39. The summed E-state index contributed by atoms with van der Waals surface area (Å²) in [6, 6.07) is 3.75. The van der Waals surface area contributed by atoms with Gasteiger partial charge in [-0.25, -0.2) is 9.97 Å². The molecule has 0 aliphatic carbocycles. The van der Waals surface area contributed by atoms with Gasteiger partial charge in [0.2, 0.25) is 0 Å². The average Bonchev–Trinajstić information content (AvgIpc) is 2.80. The number of anilines is 1. The van der Waals surface area contributed by atoms with Gasteiger partial charge in [-0.05, 0) is 12.1 Å². The summed E-state index contributed by atoms with van der Waals surface area (Å²) in [6.45, 7) is 0.705. The van der Waals surface area contributed by atoms with Gasteiger partial charge in [0.05, 0.1) is 19.9 Å². The van der Waals surface area contributed by atoms with Crippen LogP contribution in [-0.4, -0.2) is 17.1 Å². The van der Waals surface area contributed by atoms with Crippen LogP contribution in [0.1, 0.15) is 5.01 Å². The van der Waals surface area contributed by atoms with Crippen molar-refractivity contribution in [2.75, 3.05) is 12.4 Å². The molecule has 78 valence electrons. The molecule has 15 heavy (non-hydrogen) atoms. The third kappa shape index (κ3) is 2.66. The Kier molecular flexibility index (Phi) is 3.14. The van der Waals surface area contributed by atoms with E-state index in [-0.39, 0.29) is 0 Å². The van der Waals surface area contributed by atoms with Crippen LogP contribution in [0.5, 0.6) is 5.75 Å². The number of aromatic nitrogens is 2. The molecule has 4 nitrogen and oxygen atoms in total. The molecule has 2 aromatic heterocycles. The molecule has 0 saturated heterocycles. The number of nitrogens with one attached hydrogen (secondary N) is 1. The zero-order valence-electron chi connectivity index (χ0n) is 8.30. The van der Waals surface area contributed by atoms with Crippen molar-refractivity contribution in [2.24, 2.45) is 0 Å². The lowest BCUT2D eigenvalue weighted by Crippen LogP contribution is -2.00. The van der Waals surface area contributed by atoms with Gasteiger partial charge in [0.15, 0.2) is 0 Å². The molecule has 1 N–H and O–H groups in total. The van der Waals surface area contributed by atoms with Gasteiger partial charge < -0.3 is 10.1 Å². The molecule has 2 heterocycles. The number of pyridine rings is 1. The molecule has 2 rings (SSSR count). The molecular weight excluding hydrogens is 210 g/mol. The molecule has 0 unspecified atom stereocenters. The molecule has 0 bridgehead atoms. The van der Waals surface area contributed by atoms with Crippen molar-refractivity contribution in [1.82, 2.24) is 9.97 Å². The molecule has 0 saturated carbocycles. The van der Waals surface area contributed by atoms with Gasteiger partial charge in [0, 0.05) is 11.6 Å². The first-order chi connectivity index (χ1) is 7.38. The Hall–Kier alpha value is -1.62. The van der Waals surface area contributed by atoms with Gasteiger partial charge in [0.25, 0.3) is 0 Å². The Morgan fingerprint density at radius 2 is 2.33 bits per heavy atom. The van der Waals surface area contributed by atoms with E-state index < -0.39 is 0 Å². The number of hydrogen-bond acceptors (Lipinski definition) is 5. The fraction of sp³-hybridized carbons (Fsp3) is 0.200. The number of rotatable bonds is 4. The van der Waals surface area contributed by atoms with Crippen LogP contribution in [0.15, 0.2) is 29.9 Å². The Morgan fingerprint density at radius 3 is 2.93 bits per heavy atom. The van der Waals surface area contributed by atoms with Gasteiger partial charge in [-0.2, -0.15) is 0 Å². The van der Waals surface area contributed by atoms with Crippen LogP contribution in [0, 0.1) is 0 Å². The minimum Gasteiger partial charge on any atom is -0.495 e. The number of ether oxygens (including phenoxy) is 1. The highest BCUT2D eigenvalue weighted by atomic mass is 32.1. The SMILES string of the molecule is COc1ccc(NCc2nccs2)nc1. The minimum absolute atomic E-state index is 0.705. The Morgan fingerprint density at radius 1 is 1.40 bits per heavy atom. The Bertz CT molecular complexity index is 399. The van der Waals surface area contributed by atoms with E-state index in [1.54, 1.807) is 30.8 Å². The van der Waals surface area contributed by atoms with Crippen molar-refractivity contribution in [2.45, 2.75) is 6.54 Å². The van der Waals surface area contributed by atoms with Gasteiger partial charge in [0.1, 0.15) is 16.6 Å². The zero-order valence-corrected chi connectivity index (χ0v) is 9.12. The van der Waals surface area contributed by atoms with E-state index in [1.165, 1.54) is 0 Å². The second kappa shape index (κ2) is 4.75. The van der Waals surface area contributed by atoms with Crippen molar-refractivity contribution in [3.63, 3.8) is 0 Å². The quantitative estimate of drug-likeness (QED) is 0.859. The van der Waals surface area contributed by atoms with Crippen molar-refractivity contribution in [1.29, 1.82) is 0 Å². The van der Waals surface area contributed by atoms with Crippen LogP contribution in [-0.2, 0) is 6.54 Å². The molecule has 2 aromatic rings. The topological polar surface area (TPSA) is 47.0 Å². The van der Waals surface area contributed by atoms with Crippen LogP contribution in [0.25, 0.3) is 0 Å². The maximum atomic E-state index is 5.02. The summed E-state index contributed by atoms with van der Waals surface area (Å²) >= 11 is 1.62. The third-order valence-electron chi connectivity index (χ3n) is 1.88. The van der Waals surface area contributed by atoms with Crippen LogP contribution >= 0.6 is 11.3 Å². The molecule has 0 amide bonds. The number of methoxy groups -OCH3 is 1. The third-order valence-corrected chi connectivity index (χ3v) is 2.66. The summed E-state index contributed by atoms with van der Waals surface area (Å²) in [5, 5.41) is 6.19. The maximum absolute atomic E-state index is 5.02. The van der Waals surface area contributed by atoms with Crippen molar-refractivity contribution in [3.05, 3.63) is 34.9 Å². The average molecular weight is 221 g/mol. The predicted octanol–water partition coefficient (Wildman–Crippen LogP) is 2.16. The first-order valence-electron chi connectivity index (χ1n) is 4.51. The van der Waals surface area contributed by atoms with Crippen LogP contribution in [0.3, 0.4) is 0 Å². The summed E-state index contributed by atoms with van der Waals surface area (Å²) in [5.74, 6) is 1.58. The second-order valence-electron chi connectivity index (χ2n) is 2.86. The summed E-state index contributed by atoms with van der Waals surface area (Å²) in [7, 11) is 1.62. The van der Waals surface area contributed by atoms with Gasteiger partial charge in [-0.15, -0.1) is 11.3 Å². The molecule has 0 aromatic carbocycles. The fourth-order valence-corrected chi connectivity index (χ4v) is 1.67. The highest BCUT2D eigenvalue weighted by molar-refractivity contribution is 7.09. The van der Waals surface area contributed by atoms with Crippen molar-refractivity contribution < 1.29 is 4.74 Å². The largest absolute Gasteiger partial charge is 0.495 e. The number of nitrogens with zero attached hydrogens (tertiary/aromatic N) is 2. The normalized spacial score (nSPS) is 9.93. The number of thiazole rings is 1. The lowest BCUT2D eigenvalue weighted by molar-refractivity contribution is 0.413. The van der Waals surface area contributed by atoms with E-state index >= 15 is 0 Å². The van der Waals surface area contributed by atoms with E-state index in [0.717, 1.165) is 16.6 Å². The van der Waals surface area contributed by atoms with E-state index in [0.29, 0.717) is 6.54 Å². The summed E-state index contributed by atoms with van der Waals surface area (Å²) < 4.78 is 5.02. The van der Waals surface area contributed by atoms with Gasteiger partial charge >= 0.3 is 0 Å². The molecular formula is C10H11N3OS. The van der Waals surface area contributed by atoms with Crippen molar-refractivity contribution in [3.8, 4) is 5.75 Å². The molecule has 0 atom stereocenters. The van der Waals surface area contributed by atoms with Gasteiger partial charge in [-0.1, -0.05) is 0 Å². The monoisotopic (exact) mass is 221 g/mol. The lowest BCUT2D eigenvalue weighted by atomic mass is 10.4. The molecule has 0 aliphatic heterocycles. The Labute approximate surface area is 92.0 Å². The molecule has 0 spiro atoms. The lowest BCUT2D eigenvalue weighted by Gasteiger charge is -2.03. The minimum atomic E-state index is 0.705. The molecule has 0 radical (unpaired) electrons. The van der Waals surface area contributed by atoms with Crippen molar-refractivity contribution >= 4 is 17.2 Å². The highest BCUT2D eigenvalue weighted by Crippen LogP contribution is 2.12. The van der Waals surface area contributed by atoms with Crippen LogP contribution in [0.2, 0.25) is 0 Å². The summed E-state index contributed by atoms with van der Waals surface area (Å²) in [4.78, 5) is 8.36. The fourth-order valence-electron chi connectivity index (χ4n) is 1.11. The Balaban J connectivity index is 1.93. The van der Waals surface area contributed by atoms with E-state index in [2.05, 4.69) is 15.3 Å². The van der Waals surface area contributed by atoms with E-state index in [9.17, 15) is 0 Å². The standard InChI is InChI=1S/C10H11N3OS/c1-14-8-2-3-9(12-6-8)13-7-10-11-4-5-15-10/h2-6H,7H2,1H3,(H,12,13). The first kappa shape index (κ1) is 9.92. The molecule has 0 fully saturated rings. The summed E-state index contributed by atoms with van der Waals surface area (Å²) in [5.41, 5.74) is 0.